The van der Waals surface area contributed by atoms with Crippen LogP contribution in [0.3, 0.4) is 0 Å². The first-order chi connectivity index (χ1) is 7.99. The minimum atomic E-state index is -1.08. The second-order valence-electron chi connectivity index (χ2n) is 4.38. The van der Waals surface area contributed by atoms with Crippen LogP contribution in [0.1, 0.15) is 31.2 Å². The molecule has 0 bridgehead atoms. The molecule has 1 aromatic rings. The van der Waals surface area contributed by atoms with Crippen molar-refractivity contribution in [2.24, 2.45) is 0 Å². The van der Waals surface area contributed by atoms with Gasteiger partial charge in [-0.25, -0.2) is 0 Å². The van der Waals surface area contributed by atoms with E-state index in [1.807, 2.05) is 0 Å². The summed E-state index contributed by atoms with van der Waals surface area (Å²) < 4.78 is 0.525. The third-order valence-electron chi connectivity index (χ3n) is 3.45. The van der Waals surface area contributed by atoms with Gasteiger partial charge in [-0.3, -0.25) is 4.79 Å². The highest BCUT2D eigenvalue weighted by atomic mass is 79.9. The monoisotopic (exact) mass is 300 g/mol. The van der Waals surface area contributed by atoms with E-state index in [0.29, 0.717) is 22.9 Å². The van der Waals surface area contributed by atoms with Crippen LogP contribution in [0.4, 0.5) is 0 Å². The van der Waals surface area contributed by atoms with Crippen molar-refractivity contribution in [2.45, 2.75) is 31.1 Å². The molecule has 1 aromatic carbocycles. The van der Waals surface area contributed by atoms with Gasteiger partial charge in [0.1, 0.15) is 0 Å². The van der Waals surface area contributed by atoms with Gasteiger partial charge in [-0.2, -0.15) is 0 Å². The van der Waals surface area contributed by atoms with Crippen molar-refractivity contribution in [1.29, 1.82) is 0 Å². The Morgan fingerprint density at radius 1 is 1.24 bits per heavy atom. The molecule has 17 heavy (non-hydrogen) atoms. The zero-order chi connectivity index (χ0) is 12.6. The van der Waals surface area contributed by atoms with Crippen LogP contribution in [-0.2, 0) is 10.2 Å². The Bertz CT molecular complexity index is 464. The summed E-state index contributed by atoms with van der Waals surface area (Å²) in [5.74, 6) is -1.56. The molecule has 0 radical (unpaired) electrons. The summed E-state index contributed by atoms with van der Waals surface area (Å²) in [6.07, 6.45) is 2.59. The lowest BCUT2D eigenvalue weighted by Gasteiger charge is -2.26. The predicted molar refractivity (Wildman–Crippen MR) is 65.3 cm³/mol. The van der Waals surface area contributed by atoms with Crippen molar-refractivity contribution >= 4 is 21.9 Å². The molecule has 2 rings (SSSR count). The van der Waals surface area contributed by atoms with Gasteiger partial charge in [0.15, 0.2) is 11.5 Å². The van der Waals surface area contributed by atoms with Crippen molar-refractivity contribution in [1.82, 2.24) is 0 Å². The lowest BCUT2D eigenvalue weighted by Crippen LogP contribution is -2.33. The molecular formula is C12H13BrO4. The van der Waals surface area contributed by atoms with Gasteiger partial charge in [0.2, 0.25) is 0 Å². The number of phenolic OH excluding ortho intramolecular Hbond substituents is 2. The van der Waals surface area contributed by atoms with E-state index >= 15 is 0 Å². The molecule has 1 fully saturated rings. The van der Waals surface area contributed by atoms with Crippen molar-refractivity contribution in [2.75, 3.05) is 0 Å². The van der Waals surface area contributed by atoms with Gasteiger partial charge in [-0.15, -0.1) is 0 Å². The minimum absolute atomic E-state index is 0.282. The normalized spacial score (nSPS) is 18.2. The van der Waals surface area contributed by atoms with Gasteiger partial charge in [0, 0.05) is 10.0 Å². The fourth-order valence-corrected chi connectivity index (χ4v) is 3.26. The highest BCUT2D eigenvalue weighted by Gasteiger charge is 2.46. The Balaban J connectivity index is 2.66. The minimum Gasteiger partial charge on any atom is -0.504 e. The van der Waals surface area contributed by atoms with Gasteiger partial charge in [-0.05, 0) is 25.0 Å². The number of carboxylic acids is 1. The first-order valence-electron chi connectivity index (χ1n) is 5.43. The molecule has 3 N–H and O–H groups in total. The smallest absolute Gasteiger partial charge is 0.314 e. The van der Waals surface area contributed by atoms with Crippen LogP contribution in [0, 0.1) is 0 Å². The molecule has 4 nitrogen and oxygen atoms in total. The molecule has 0 unspecified atom stereocenters. The van der Waals surface area contributed by atoms with Crippen molar-refractivity contribution in [3.8, 4) is 11.5 Å². The van der Waals surface area contributed by atoms with E-state index in [1.54, 1.807) is 6.07 Å². The number of rotatable bonds is 2. The molecule has 1 aliphatic rings. The maximum absolute atomic E-state index is 11.5. The fourth-order valence-electron chi connectivity index (χ4n) is 2.56. The van der Waals surface area contributed by atoms with Crippen molar-refractivity contribution in [3.63, 3.8) is 0 Å². The summed E-state index contributed by atoms with van der Waals surface area (Å²) in [6.45, 7) is 0. The van der Waals surface area contributed by atoms with Gasteiger partial charge in [0.25, 0.3) is 0 Å². The number of benzene rings is 1. The molecule has 0 atom stereocenters. The lowest BCUT2D eigenvalue weighted by atomic mass is 9.78. The topological polar surface area (TPSA) is 77.8 Å². The molecular weight excluding hydrogens is 288 g/mol. The zero-order valence-electron chi connectivity index (χ0n) is 9.11. The zero-order valence-corrected chi connectivity index (χ0v) is 10.7. The summed E-state index contributed by atoms with van der Waals surface area (Å²) in [5.41, 5.74) is -0.788. The highest BCUT2D eigenvalue weighted by Crippen LogP contribution is 2.50. The van der Waals surface area contributed by atoms with E-state index < -0.39 is 11.4 Å². The number of hydrogen-bond acceptors (Lipinski definition) is 3. The Hall–Kier alpha value is -1.23. The average Bonchev–Trinajstić information content (AvgIpc) is 2.74. The molecule has 1 saturated carbocycles. The molecule has 0 saturated heterocycles. The lowest BCUT2D eigenvalue weighted by molar-refractivity contribution is -0.143. The van der Waals surface area contributed by atoms with Crippen molar-refractivity contribution < 1.29 is 20.1 Å². The quantitative estimate of drug-likeness (QED) is 0.734. The first kappa shape index (κ1) is 12.2. The number of aromatic hydroxyl groups is 2. The molecule has 0 spiro atoms. The largest absolute Gasteiger partial charge is 0.504 e. The molecule has 0 amide bonds. The van der Waals surface area contributed by atoms with Gasteiger partial charge < -0.3 is 15.3 Å². The second kappa shape index (κ2) is 4.22. The number of aliphatic carboxylic acids is 1. The number of carboxylic acid groups (broad SMARTS) is 1. The molecule has 1 aliphatic carbocycles. The number of halogens is 1. The van der Waals surface area contributed by atoms with Crippen LogP contribution >= 0.6 is 15.9 Å². The van der Waals surface area contributed by atoms with E-state index in [-0.39, 0.29) is 11.5 Å². The molecule has 0 aromatic heterocycles. The summed E-state index contributed by atoms with van der Waals surface area (Å²) in [7, 11) is 0. The van der Waals surface area contributed by atoms with Crippen LogP contribution in [0.2, 0.25) is 0 Å². The third kappa shape index (κ3) is 1.78. The average molecular weight is 301 g/mol. The molecule has 0 aliphatic heterocycles. The van der Waals surface area contributed by atoms with Crippen molar-refractivity contribution in [3.05, 3.63) is 22.2 Å². The van der Waals surface area contributed by atoms with Gasteiger partial charge in [-0.1, -0.05) is 28.8 Å². The van der Waals surface area contributed by atoms with Gasteiger partial charge >= 0.3 is 5.97 Å². The summed E-state index contributed by atoms with van der Waals surface area (Å²) in [5, 5.41) is 28.9. The molecule has 0 heterocycles. The van der Waals surface area contributed by atoms with E-state index in [0.717, 1.165) is 12.8 Å². The van der Waals surface area contributed by atoms with Crippen LogP contribution in [-0.4, -0.2) is 21.3 Å². The Labute approximate surface area is 107 Å². The summed E-state index contributed by atoms with van der Waals surface area (Å²) in [4.78, 5) is 11.5. The summed E-state index contributed by atoms with van der Waals surface area (Å²) >= 11 is 3.26. The molecule has 92 valence electrons. The van der Waals surface area contributed by atoms with E-state index in [4.69, 9.17) is 0 Å². The van der Waals surface area contributed by atoms with Crippen LogP contribution < -0.4 is 0 Å². The predicted octanol–water partition coefficient (Wildman–Crippen LogP) is 2.76. The Morgan fingerprint density at radius 2 is 1.82 bits per heavy atom. The number of phenols is 2. The second-order valence-corrected chi connectivity index (χ2v) is 5.24. The van der Waals surface area contributed by atoms with E-state index in [2.05, 4.69) is 15.9 Å². The van der Waals surface area contributed by atoms with Crippen LogP contribution in [0.15, 0.2) is 16.6 Å². The SMILES string of the molecule is O=C(O)C1(c2c(Br)ccc(O)c2O)CCCC1. The number of carbonyl (C=O) groups is 1. The van der Waals surface area contributed by atoms with Gasteiger partial charge in [0.05, 0.1) is 5.41 Å². The maximum atomic E-state index is 11.5. The van der Waals surface area contributed by atoms with E-state index in [1.165, 1.54) is 6.07 Å². The number of hydrogen-bond donors (Lipinski definition) is 3. The third-order valence-corrected chi connectivity index (χ3v) is 4.11. The Kier molecular flexibility index (Phi) is 3.03. The highest BCUT2D eigenvalue weighted by molar-refractivity contribution is 9.10. The van der Waals surface area contributed by atoms with Crippen LogP contribution in [0.25, 0.3) is 0 Å². The van der Waals surface area contributed by atoms with Crippen LogP contribution in [0.5, 0.6) is 11.5 Å². The molecule has 5 heteroatoms. The summed E-state index contributed by atoms with van der Waals surface area (Å²) in [6, 6.07) is 2.90. The standard InChI is InChI=1S/C12H13BrO4/c13-7-3-4-8(14)10(15)9(7)12(11(16)17)5-1-2-6-12/h3-4,14-15H,1-2,5-6H2,(H,16,17). The maximum Gasteiger partial charge on any atom is 0.314 e. The fraction of sp³-hybridized carbons (Fsp3) is 0.417. The first-order valence-corrected chi connectivity index (χ1v) is 6.22. The Morgan fingerprint density at radius 3 is 2.35 bits per heavy atom. The van der Waals surface area contributed by atoms with E-state index in [9.17, 15) is 20.1 Å².